The van der Waals surface area contributed by atoms with Crippen molar-refractivity contribution in [3.63, 3.8) is 0 Å². The van der Waals surface area contributed by atoms with Gasteiger partial charge in [0.2, 0.25) is 5.56 Å². The Kier molecular flexibility index (Phi) is 2.97. The number of piperidine rings is 1. The number of rotatable bonds is 2. The summed E-state index contributed by atoms with van der Waals surface area (Å²) in [6, 6.07) is 2.99. The van der Waals surface area contributed by atoms with Crippen LogP contribution in [0.25, 0.3) is 0 Å². The van der Waals surface area contributed by atoms with Gasteiger partial charge in [0.1, 0.15) is 0 Å². The Morgan fingerprint density at radius 3 is 2.87 bits per heavy atom. The lowest BCUT2D eigenvalue weighted by molar-refractivity contribution is 0.0899. The number of ketones is 1. The number of aromatic amines is 1. The molecule has 1 aromatic rings. The standard InChI is InChI=1S/C11H14N2O2/c14-10-4-3-9(7-13-10)11(15)8-2-1-5-12-6-8/h3-4,7-8,12H,1-2,5-6H2,(H,13,14). The summed E-state index contributed by atoms with van der Waals surface area (Å²) in [6.07, 6.45) is 3.48. The van der Waals surface area contributed by atoms with Gasteiger partial charge in [0, 0.05) is 30.3 Å². The van der Waals surface area contributed by atoms with Crippen LogP contribution < -0.4 is 10.9 Å². The highest BCUT2D eigenvalue weighted by atomic mass is 16.1. The highest BCUT2D eigenvalue weighted by Crippen LogP contribution is 2.15. The van der Waals surface area contributed by atoms with E-state index in [0.717, 1.165) is 25.9 Å². The number of nitrogens with one attached hydrogen (secondary N) is 2. The quantitative estimate of drug-likeness (QED) is 0.695. The minimum Gasteiger partial charge on any atom is -0.328 e. The number of aromatic nitrogens is 1. The van der Waals surface area contributed by atoms with Gasteiger partial charge in [-0.05, 0) is 25.5 Å². The Morgan fingerprint density at radius 1 is 1.40 bits per heavy atom. The van der Waals surface area contributed by atoms with E-state index in [4.69, 9.17) is 0 Å². The van der Waals surface area contributed by atoms with Crippen LogP contribution in [0.4, 0.5) is 0 Å². The molecule has 0 aliphatic carbocycles. The van der Waals surface area contributed by atoms with Crippen molar-refractivity contribution in [3.8, 4) is 0 Å². The largest absolute Gasteiger partial charge is 0.328 e. The maximum atomic E-state index is 11.9. The van der Waals surface area contributed by atoms with Crippen molar-refractivity contribution in [2.75, 3.05) is 13.1 Å². The number of H-pyrrole nitrogens is 1. The van der Waals surface area contributed by atoms with Gasteiger partial charge in [0.05, 0.1) is 0 Å². The molecule has 0 amide bonds. The van der Waals surface area contributed by atoms with Crippen LogP contribution >= 0.6 is 0 Å². The lowest BCUT2D eigenvalue weighted by atomic mass is 9.92. The predicted molar refractivity (Wildman–Crippen MR) is 57.0 cm³/mol. The number of hydrogen-bond acceptors (Lipinski definition) is 3. The van der Waals surface area contributed by atoms with E-state index in [2.05, 4.69) is 10.3 Å². The summed E-state index contributed by atoms with van der Waals surface area (Å²) in [5, 5.41) is 3.20. The second kappa shape index (κ2) is 4.40. The molecule has 1 aromatic heterocycles. The van der Waals surface area contributed by atoms with Gasteiger partial charge in [-0.3, -0.25) is 9.59 Å². The van der Waals surface area contributed by atoms with Gasteiger partial charge in [-0.1, -0.05) is 0 Å². The van der Waals surface area contributed by atoms with Crippen molar-refractivity contribution in [1.82, 2.24) is 10.3 Å². The Bertz CT molecular complexity index is 385. The predicted octanol–water partition coefficient (Wildman–Crippen LogP) is 0.557. The van der Waals surface area contributed by atoms with Gasteiger partial charge in [-0.15, -0.1) is 0 Å². The molecule has 1 saturated heterocycles. The molecular formula is C11H14N2O2. The molecule has 0 radical (unpaired) electrons. The molecule has 0 spiro atoms. The molecule has 1 aliphatic heterocycles. The monoisotopic (exact) mass is 206 g/mol. The lowest BCUT2D eigenvalue weighted by Crippen LogP contribution is -2.34. The molecule has 0 aromatic carbocycles. The van der Waals surface area contributed by atoms with Gasteiger partial charge in [-0.25, -0.2) is 0 Å². The number of pyridine rings is 1. The highest BCUT2D eigenvalue weighted by molar-refractivity contribution is 5.97. The summed E-state index contributed by atoms with van der Waals surface area (Å²) in [5.41, 5.74) is 0.427. The van der Waals surface area contributed by atoms with E-state index in [-0.39, 0.29) is 17.3 Å². The van der Waals surface area contributed by atoms with Gasteiger partial charge in [0.15, 0.2) is 5.78 Å². The summed E-state index contributed by atoms with van der Waals surface area (Å²) in [7, 11) is 0. The van der Waals surface area contributed by atoms with Crippen molar-refractivity contribution in [1.29, 1.82) is 0 Å². The van der Waals surface area contributed by atoms with Crippen LogP contribution in [0.2, 0.25) is 0 Å². The average molecular weight is 206 g/mol. The van der Waals surface area contributed by atoms with Crippen LogP contribution in [-0.4, -0.2) is 23.9 Å². The first-order valence-electron chi connectivity index (χ1n) is 5.21. The molecule has 0 bridgehead atoms. The van der Waals surface area contributed by atoms with Crippen LogP contribution in [0.3, 0.4) is 0 Å². The number of Topliss-reactive ketones (excluding diaryl/α,β-unsaturated/α-hetero) is 1. The smallest absolute Gasteiger partial charge is 0.247 e. The highest BCUT2D eigenvalue weighted by Gasteiger charge is 2.21. The maximum absolute atomic E-state index is 11.9. The van der Waals surface area contributed by atoms with E-state index in [0.29, 0.717) is 5.56 Å². The topological polar surface area (TPSA) is 62.0 Å². The van der Waals surface area contributed by atoms with Gasteiger partial charge in [-0.2, -0.15) is 0 Å². The summed E-state index contributed by atoms with van der Waals surface area (Å²) < 4.78 is 0. The Labute approximate surface area is 87.7 Å². The van der Waals surface area contributed by atoms with Crippen molar-refractivity contribution in [2.45, 2.75) is 12.8 Å². The first-order valence-corrected chi connectivity index (χ1v) is 5.21. The SMILES string of the molecule is O=C(c1ccc(=O)[nH]c1)C1CCCNC1. The third-order valence-corrected chi connectivity index (χ3v) is 2.74. The first kappa shape index (κ1) is 10.1. The zero-order chi connectivity index (χ0) is 10.7. The first-order chi connectivity index (χ1) is 7.27. The summed E-state index contributed by atoms with van der Waals surface area (Å²) in [5.74, 6) is 0.183. The van der Waals surface area contributed by atoms with Gasteiger partial charge in [0.25, 0.3) is 0 Å². The van der Waals surface area contributed by atoms with Crippen molar-refractivity contribution < 1.29 is 4.79 Å². The van der Waals surface area contributed by atoms with Crippen molar-refractivity contribution in [3.05, 3.63) is 34.2 Å². The second-order valence-electron chi connectivity index (χ2n) is 3.85. The van der Waals surface area contributed by atoms with Crippen molar-refractivity contribution >= 4 is 5.78 Å². The number of carbonyl (C=O) groups is 1. The molecule has 0 saturated carbocycles. The summed E-state index contributed by atoms with van der Waals surface area (Å²) >= 11 is 0. The van der Waals surface area contributed by atoms with Gasteiger partial charge >= 0.3 is 0 Å². The molecule has 2 N–H and O–H groups in total. The van der Waals surface area contributed by atoms with Crippen LogP contribution in [0.15, 0.2) is 23.1 Å². The molecule has 1 aliphatic rings. The molecule has 1 atom stereocenters. The maximum Gasteiger partial charge on any atom is 0.247 e. The van der Waals surface area contributed by atoms with E-state index in [1.54, 1.807) is 6.07 Å². The molecule has 80 valence electrons. The van der Waals surface area contributed by atoms with E-state index in [1.807, 2.05) is 0 Å². The minimum absolute atomic E-state index is 0.0599. The zero-order valence-corrected chi connectivity index (χ0v) is 8.45. The molecular weight excluding hydrogens is 192 g/mol. The fourth-order valence-electron chi connectivity index (χ4n) is 1.88. The van der Waals surface area contributed by atoms with E-state index in [1.165, 1.54) is 12.3 Å². The molecule has 1 fully saturated rings. The molecule has 1 unspecified atom stereocenters. The van der Waals surface area contributed by atoms with Gasteiger partial charge < -0.3 is 10.3 Å². The molecule has 2 heterocycles. The van der Waals surface area contributed by atoms with Crippen LogP contribution in [0.5, 0.6) is 0 Å². The molecule has 2 rings (SSSR count). The second-order valence-corrected chi connectivity index (χ2v) is 3.85. The summed E-state index contributed by atoms with van der Waals surface area (Å²) in [4.78, 5) is 25.3. The molecule has 4 nitrogen and oxygen atoms in total. The van der Waals surface area contributed by atoms with Crippen molar-refractivity contribution in [2.24, 2.45) is 5.92 Å². The lowest BCUT2D eigenvalue weighted by Gasteiger charge is -2.21. The normalized spacial score (nSPS) is 21.2. The summed E-state index contributed by atoms with van der Waals surface area (Å²) in [6.45, 7) is 1.74. The average Bonchev–Trinajstić information content (AvgIpc) is 2.30. The van der Waals surface area contributed by atoms with Crippen LogP contribution in [-0.2, 0) is 0 Å². The Balaban J connectivity index is 2.12. The Hall–Kier alpha value is -1.42. The third kappa shape index (κ3) is 2.33. The van der Waals surface area contributed by atoms with E-state index in [9.17, 15) is 9.59 Å². The molecule has 15 heavy (non-hydrogen) atoms. The molecule has 4 heteroatoms. The third-order valence-electron chi connectivity index (χ3n) is 2.74. The number of hydrogen-bond donors (Lipinski definition) is 2. The minimum atomic E-state index is -0.173. The fraction of sp³-hybridized carbons (Fsp3) is 0.455. The van der Waals surface area contributed by atoms with Crippen LogP contribution in [0.1, 0.15) is 23.2 Å². The van der Waals surface area contributed by atoms with E-state index >= 15 is 0 Å². The van der Waals surface area contributed by atoms with Crippen LogP contribution in [0, 0.1) is 5.92 Å². The Morgan fingerprint density at radius 2 is 2.27 bits per heavy atom. The van der Waals surface area contributed by atoms with E-state index < -0.39 is 0 Å². The number of carbonyl (C=O) groups excluding carboxylic acids is 1. The zero-order valence-electron chi connectivity index (χ0n) is 8.45. The fourth-order valence-corrected chi connectivity index (χ4v) is 1.88.